The van der Waals surface area contributed by atoms with Crippen LogP contribution in [0.3, 0.4) is 0 Å². The number of carbonyl (C=O) groups is 1. The fraction of sp³-hybridized carbons (Fsp3) is 0.462. The molecule has 1 rings (SSSR count). The van der Waals surface area contributed by atoms with Gasteiger partial charge in [0.1, 0.15) is 0 Å². The van der Waals surface area contributed by atoms with E-state index in [0.717, 1.165) is 8.95 Å². The summed E-state index contributed by atoms with van der Waals surface area (Å²) in [5.74, 6) is -0.227. The summed E-state index contributed by atoms with van der Waals surface area (Å²) in [4.78, 5) is 12.2. The molecule has 1 amide bonds. The molecule has 0 unspecified atom stereocenters. The van der Waals surface area contributed by atoms with Crippen molar-refractivity contribution < 1.29 is 9.90 Å². The van der Waals surface area contributed by atoms with Crippen molar-refractivity contribution in [1.29, 1.82) is 0 Å². The van der Waals surface area contributed by atoms with E-state index < -0.39 is 11.1 Å². The average Bonchev–Trinajstić information content (AvgIpc) is 2.19. The first kappa shape index (κ1) is 15.7. The molecule has 1 aromatic rings. The van der Waals surface area contributed by atoms with Gasteiger partial charge >= 0.3 is 0 Å². The maximum atomic E-state index is 12.2. The lowest BCUT2D eigenvalue weighted by atomic mass is 9.86. The average molecular weight is 379 g/mol. The second-order valence-electron chi connectivity index (χ2n) is 5.26. The van der Waals surface area contributed by atoms with Crippen LogP contribution in [-0.2, 0) is 0 Å². The third-order valence-corrected chi connectivity index (χ3v) is 4.31. The molecule has 0 radical (unpaired) electrons. The molecule has 0 bridgehead atoms. The molecule has 5 heteroatoms. The smallest absolute Gasteiger partial charge is 0.252 e. The van der Waals surface area contributed by atoms with Gasteiger partial charge in [0.05, 0.1) is 16.7 Å². The molecule has 0 fully saturated rings. The van der Waals surface area contributed by atoms with Gasteiger partial charge < -0.3 is 10.4 Å². The highest BCUT2D eigenvalue weighted by atomic mass is 79.9. The molecule has 0 aromatic heterocycles. The molecule has 0 aliphatic carbocycles. The van der Waals surface area contributed by atoms with Gasteiger partial charge in [0.15, 0.2) is 0 Å². The lowest BCUT2D eigenvalue weighted by Gasteiger charge is -2.38. The van der Waals surface area contributed by atoms with E-state index in [4.69, 9.17) is 0 Å². The molecule has 0 aliphatic heterocycles. The largest absolute Gasteiger partial charge is 0.388 e. The minimum Gasteiger partial charge on any atom is -0.388 e. The molecule has 0 heterocycles. The van der Waals surface area contributed by atoms with Crippen LogP contribution in [0.5, 0.6) is 0 Å². The molecule has 0 saturated carbocycles. The maximum absolute atomic E-state index is 12.2. The highest BCUT2D eigenvalue weighted by molar-refractivity contribution is 9.11. The molecule has 3 nitrogen and oxygen atoms in total. The molecule has 0 atom stereocenters. The fourth-order valence-corrected chi connectivity index (χ4v) is 1.96. The van der Waals surface area contributed by atoms with Crippen molar-refractivity contribution in [2.75, 3.05) is 0 Å². The van der Waals surface area contributed by atoms with Gasteiger partial charge in [-0.25, -0.2) is 0 Å². The van der Waals surface area contributed by atoms with Gasteiger partial charge in [0.25, 0.3) is 5.91 Å². The van der Waals surface area contributed by atoms with E-state index in [2.05, 4.69) is 37.2 Å². The molecular formula is C13H17Br2NO2. The molecule has 0 spiro atoms. The zero-order chi connectivity index (χ0) is 14.1. The fourth-order valence-electron chi connectivity index (χ4n) is 1.18. The van der Waals surface area contributed by atoms with Crippen LogP contribution in [0.4, 0.5) is 0 Å². The van der Waals surface area contributed by atoms with Crippen molar-refractivity contribution in [3.63, 3.8) is 0 Å². The zero-order valence-corrected chi connectivity index (χ0v) is 14.0. The number of benzene rings is 1. The first-order chi connectivity index (χ1) is 8.04. The highest BCUT2D eigenvalue weighted by Gasteiger charge is 2.36. The third-order valence-electron chi connectivity index (χ3n) is 3.13. The van der Waals surface area contributed by atoms with Crippen LogP contribution in [0.15, 0.2) is 27.1 Å². The number of nitrogens with one attached hydrogen (secondary N) is 1. The Morgan fingerprint density at radius 2 is 1.78 bits per heavy atom. The Hall–Kier alpha value is -0.390. The summed E-state index contributed by atoms with van der Waals surface area (Å²) < 4.78 is 1.55. The molecule has 100 valence electrons. The van der Waals surface area contributed by atoms with Gasteiger partial charge in [-0.15, -0.1) is 0 Å². The Labute approximate surface area is 124 Å². The van der Waals surface area contributed by atoms with Crippen LogP contribution >= 0.6 is 31.9 Å². The molecule has 18 heavy (non-hydrogen) atoms. The van der Waals surface area contributed by atoms with Crippen molar-refractivity contribution in [3.8, 4) is 0 Å². The summed E-state index contributed by atoms with van der Waals surface area (Å²) in [5.41, 5.74) is -1.21. The van der Waals surface area contributed by atoms with E-state index >= 15 is 0 Å². The summed E-state index contributed by atoms with van der Waals surface area (Å²) in [6, 6.07) is 5.39. The first-order valence-electron chi connectivity index (χ1n) is 5.54. The van der Waals surface area contributed by atoms with Crippen LogP contribution in [-0.4, -0.2) is 22.2 Å². The Bertz CT molecular complexity index is 465. The number of amides is 1. The maximum Gasteiger partial charge on any atom is 0.252 e. The SMILES string of the molecule is CC(C)(O)C(C)(C)NC(=O)c1cc(Br)ccc1Br. The summed E-state index contributed by atoms with van der Waals surface area (Å²) in [5, 5.41) is 12.9. The van der Waals surface area contributed by atoms with Crippen molar-refractivity contribution in [2.24, 2.45) is 0 Å². The molecule has 0 saturated heterocycles. The molecule has 0 aliphatic rings. The Kier molecular flexibility index (Phi) is 4.62. The Morgan fingerprint density at radius 3 is 2.28 bits per heavy atom. The number of aliphatic hydroxyl groups is 1. The third kappa shape index (κ3) is 3.56. The van der Waals surface area contributed by atoms with Crippen molar-refractivity contribution in [3.05, 3.63) is 32.7 Å². The quantitative estimate of drug-likeness (QED) is 0.845. The van der Waals surface area contributed by atoms with Crippen LogP contribution in [0.25, 0.3) is 0 Å². The van der Waals surface area contributed by atoms with Gasteiger partial charge in [0.2, 0.25) is 0 Å². The number of hydrogen-bond donors (Lipinski definition) is 2. The lowest BCUT2D eigenvalue weighted by Crippen LogP contribution is -2.57. The number of rotatable bonds is 3. The lowest BCUT2D eigenvalue weighted by molar-refractivity contribution is -0.00294. The topological polar surface area (TPSA) is 49.3 Å². The van der Waals surface area contributed by atoms with E-state index in [1.807, 2.05) is 6.07 Å². The van der Waals surface area contributed by atoms with Crippen LogP contribution < -0.4 is 5.32 Å². The van der Waals surface area contributed by atoms with Crippen LogP contribution in [0.2, 0.25) is 0 Å². The number of hydrogen-bond acceptors (Lipinski definition) is 2. The normalized spacial score (nSPS) is 12.4. The number of carbonyl (C=O) groups excluding carboxylic acids is 1. The van der Waals surface area contributed by atoms with E-state index in [-0.39, 0.29) is 5.91 Å². The summed E-state index contributed by atoms with van der Waals surface area (Å²) in [7, 11) is 0. The van der Waals surface area contributed by atoms with Gasteiger partial charge in [-0.1, -0.05) is 15.9 Å². The van der Waals surface area contributed by atoms with E-state index in [1.165, 1.54) is 0 Å². The van der Waals surface area contributed by atoms with E-state index in [9.17, 15) is 9.90 Å². The zero-order valence-electron chi connectivity index (χ0n) is 10.8. The van der Waals surface area contributed by atoms with Gasteiger partial charge in [-0.2, -0.15) is 0 Å². The van der Waals surface area contributed by atoms with Gasteiger partial charge in [0, 0.05) is 8.95 Å². The molecule has 1 aromatic carbocycles. The van der Waals surface area contributed by atoms with Crippen LogP contribution in [0, 0.1) is 0 Å². The Morgan fingerprint density at radius 1 is 1.22 bits per heavy atom. The summed E-state index contributed by atoms with van der Waals surface area (Å²) in [6.45, 7) is 6.92. The minimum atomic E-state index is -1.01. The standard InChI is InChI=1S/C13H17Br2NO2/c1-12(2,13(3,4)18)16-11(17)9-7-8(14)5-6-10(9)15/h5-7,18H,1-4H3,(H,16,17). The molecule has 2 N–H and O–H groups in total. The second-order valence-corrected chi connectivity index (χ2v) is 7.03. The van der Waals surface area contributed by atoms with E-state index in [1.54, 1.807) is 39.8 Å². The monoisotopic (exact) mass is 377 g/mol. The van der Waals surface area contributed by atoms with Gasteiger partial charge in [-0.05, 0) is 61.8 Å². The predicted molar refractivity (Wildman–Crippen MR) is 79.7 cm³/mol. The summed E-state index contributed by atoms with van der Waals surface area (Å²) >= 11 is 6.68. The van der Waals surface area contributed by atoms with Crippen molar-refractivity contribution >= 4 is 37.8 Å². The summed E-state index contributed by atoms with van der Waals surface area (Å²) in [6.07, 6.45) is 0. The second kappa shape index (κ2) is 5.31. The predicted octanol–water partition coefficient (Wildman–Crippen LogP) is 3.49. The molecular weight excluding hydrogens is 362 g/mol. The highest BCUT2D eigenvalue weighted by Crippen LogP contribution is 2.25. The first-order valence-corrected chi connectivity index (χ1v) is 7.13. The Balaban J connectivity index is 3.00. The number of halogens is 2. The van der Waals surface area contributed by atoms with E-state index in [0.29, 0.717) is 5.56 Å². The van der Waals surface area contributed by atoms with Crippen LogP contribution in [0.1, 0.15) is 38.1 Å². The van der Waals surface area contributed by atoms with Crippen molar-refractivity contribution in [1.82, 2.24) is 5.32 Å². The van der Waals surface area contributed by atoms with Gasteiger partial charge in [-0.3, -0.25) is 4.79 Å². The minimum absolute atomic E-state index is 0.227. The van der Waals surface area contributed by atoms with Crippen molar-refractivity contribution in [2.45, 2.75) is 38.8 Å².